The van der Waals surface area contributed by atoms with Crippen LogP contribution < -0.4 is 10.5 Å². The highest BCUT2D eigenvalue weighted by Gasteiger charge is 2.37. The summed E-state index contributed by atoms with van der Waals surface area (Å²) in [6.45, 7) is 1.99. The Morgan fingerprint density at radius 1 is 1.44 bits per heavy atom. The molecule has 0 heterocycles. The minimum Gasteiger partial charge on any atom is -0.495 e. The molecule has 1 saturated carbocycles. The molecular weight excluding hydrogens is 222 g/mol. The summed E-state index contributed by atoms with van der Waals surface area (Å²) in [7, 11) is 1.67. The number of aryl methyl sites for hydroxylation is 2. The second-order valence-corrected chi connectivity index (χ2v) is 5.13. The Morgan fingerprint density at radius 2 is 2.12 bits per heavy atom. The maximum atomic E-state index is 6.21. The maximum absolute atomic E-state index is 6.21. The summed E-state index contributed by atoms with van der Waals surface area (Å²) in [5.41, 5.74) is 8.38. The first kappa shape index (κ1) is 11.7. The summed E-state index contributed by atoms with van der Waals surface area (Å²) in [6, 6.07) is 4.13. The standard InChI is InChI=1S/C13H18ClNO/c1-9-3-4-10(12(16-2)11(9)14)5-6-13(15)7-8-13/h3-4H,5-8,15H2,1-2H3. The van der Waals surface area contributed by atoms with Crippen molar-refractivity contribution in [1.82, 2.24) is 0 Å². The lowest BCUT2D eigenvalue weighted by molar-refractivity contribution is 0.408. The molecule has 16 heavy (non-hydrogen) atoms. The van der Waals surface area contributed by atoms with Gasteiger partial charge in [0.25, 0.3) is 0 Å². The zero-order chi connectivity index (χ0) is 11.8. The van der Waals surface area contributed by atoms with Gasteiger partial charge in [-0.15, -0.1) is 0 Å². The normalized spacial score (nSPS) is 17.2. The van der Waals surface area contributed by atoms with Gasteiger partial charge in [0, 0.05) is 5.54 Å². The van der Waals surface area contributed by atoms with Crippen LogP contribution in [0.5, 0.6) is 5.75 Å². The monoisotopic (exact) mass is 239 g/mol. The van der Waals surface area contributed by atoms with Crippen LogP contribution in [-0.4, -0.2) is 12.6 Å². The molecular formula is C13H18ClNO. The summed E-state index contributed by atoms with van der Waals surface area (Å²) < 4.78 is 5.37. The van der Waals surface area contributed by atoms with Gasteiger partial charge >= 0.3 is 0 Å². The van der Waals surface area contributed by atoms with Crippen molar-refractivity contribution in [2.45, 2.75) is 38.1 Å². The summed E-state index contributed by atoms with van der Waals surface area (Å²) in [5, 5.41) is 0.724. The number of nitrogens with two attached hydrogens (primary N) is 1. The van der Waals surface area contributed by atoms with E-state index in [4.69, 9.17) is 22.1 Å². The highest BCUT2D eigenvalue weighted by molar-refractivity contribution is 6.32. The van der Waals surface area contributed by atoms with Crippen LogP contribution in [0.2, 0.25) is 5.02 Å². The molecule has 0 saturated heterocycles. The zero-order valence-corrected chi connectivity index (χ0v) is 10.6. The van der Waals surface area contributed by atoms with Gasteiger partial charge in [0.1, 0.15) is 5.75 Å². The molecule has 0 aliphatic heterocycles. The minimum absolute atomic E-state index is 0.0857. The molecule has 0 amide bonds. The molecule has 1 aliphatic rings. The number of benzene rings is 1. The van der Waals surface area contributed by atoms with E-state index in [9.17, 15) is 0 Å². The Kier molecular flexibility index (Phi) is 3.13. The van der Waals surface area contributed by atoms with Crippen molar-refractivity contribution in [3.05, 3.63) is 28.3 Å². The average molecular weight is 240 g/mol. The third-order valence-corrected chi connectivity index (χ3v) is 3.83. The highest BCUT2D eigenvalue weighted by atomic mass is 35.5. The fourth-order valence-corrected chi connectivity index (χ4v) is 2.17. The lowest BCUT2D eigenvalue weighted by Crippen LogP contribution is -2.22. The molecule has 3 heteroatoms. The van der Waals surface area contributed by atoms with E-state index < -0.39 is 0 Å². The van der Waals surface area contributed by atoms with Gasteiger partial charge in [-0.3, -0.25) is 0 Å². The molecule has 1 aromatic rings. The molecule has 0 spiro atoms. The fraction of sp³-hybridized carbons (Fsp3) is 0.538. The molecule has 1 fully saturated rings. The number of rotatable bonds is 4. The van der Waals surface area contributed by atoms with E-state index in [0.717, 1.165) is 47.6 Å². The molecule has 1 aromatic carbocycles. The van der Waals surface area contributed by atoms with Crippen LogP contribution in [0.15, 0.2) is 12.1 Å². The van der Waals surface area contributed by atoms with Crippen LogP contribution in [0.4, 0.5) is 0 Å². The Balaban J connectivity index is 2.16. The first-order valence-corrected chi connectivity index (χ1v) is 6.04. The number of hydrogen-bond donors (Lipinski definition) is 1. The van der Waals surface area contributed by atoms with Crippen molar-refractivity contribution in [1.29, 1.82) is 0 Å². The summed E-state index contributed by atoms with van der Waals surface area (Å²) >= 11 is 6.21. The van der Waals surface area contributed by atoms with Crippen LogP contribution in [0.1, 0.15) is 30.4 Å². The quantitative estimate of drug-likeness (QED) is 0.877. The second kappa shape index (κ2) is 4.27. The van der Waals surface area contributed by atoms with Gasteiger partial charge in [-0.2, -0.15) is 0 Å². The smallest absolute Gasteiger partial charge is 0.140 e. The lowest BCUT2D eigenvalue weighted by Gasteiger charge is -2.14. The molecule has 1 aliphatic carbocycles. The van der Waals surface area contributed by atoms with E-state index in [1.165, 1.54) is 0 Å². The average Bonchev–Trinajstić information content (AvgIpc) is 2.99. The Bertz CT molecular complexity index is 399. The molecule has 0 radical (unpaired) electrons. The van der Waals surface area contributed by atoms with Crippen LogP contribution in [0, 0.1) is 6.92 Å². The number of hydrogen-bond acceptors (Lipinski definition) is 2. The number of halogens is 1. The molecule has 0 atom stereocenters. The highest BCUT2D eigenvalue weighted by Crippen LogP contribution is 2.39. The predicted molar refractivity (Wildman–Crippen MR) is 67.2 cm³/mol. The predicted octanol–water partition coefficient (Wildman–Crippen LogP) is 3.08. The summed E-state index contributed by atoms with van der Waals surface area (Å²) in [5.74, 6) is 0.811. The maximum Gasteiger partial charge on any atom is 0.140 e. The van der Waals surface area contributed by atoms with E-state index in [2.05, 4.69) is 6.07 Å². The van der Waals surface area contributed by atoms with Gasteiger partial charge in [-0.1, -0.05) is 23.7 Å². The van der Waals surface area contributed by atoms with E-state index in [0.29, 0.717) is 0 Å². The van der Waals surface area contributed by atoms with Crippen molar-refractivity contribution in [2.75, 3.05) is 7.11 Å². The third-order valence-electron chi connectivity index (χ3n) is 3.36. The molecule has 88 valence electrons. The minimum atomic E-state index is 0.0857. The zero-order valence-electron chi connectivity index (χ0n) is 9.85. The molecule has 0 aromatic heterocycles. The SMILES string of the molecule is COc1c(CCC2(N)CC2)ccc(C)c1Cl. The van der Waals surface area contributed by atoms with Crippen LogP contribution in [0.25, 0.3) is 0 Å². The first-order chi connectivity index (χ1) is 7.56. The topological polar surface area (TPSA) is 35.2 Å². The molecule has 2 rings (SSSR count). The second-order valence-electron chi connectivity index (χ2n) is 4.75. The molecule has 2 N–H and O–H groups in total. The Morgan fingerprint density at radius 3 is 2.69 bits per heavy atom. The number of ether oxygens (including phenoxy) is 1. The largest absolute Gasteiger partial charge is 0.495 e. The van der Waals surface area contributed by atoms with Gasteiger partial charge in [0.15, 0.2) is 0 Å². The van der Waals surface area contributed by atoms with E-state index in [-0.39, 0.29) is 5.54 Å². The van der Waals surface area contributed by atoms with Crippen LogP contribution in [-0.2, 0) is 6.42 Å². The summed E-state index contributed by atoms with van der Waals surface area (Å²) in [6.07, 6.45) is 4.26. The fourth-order valence-electron chi connectivity index (χ4n) is 1.91. The molecule has 0 bridgehead atoms. The molecule has 2 nitrogen and oxygen atoms in total. The van der Waals surface area contributed by atoms with Gasteiger partial charge in [0.2, 0.25) is 0 Å². The summed E-state index contributed by atoms with van der Waals surface area (Å²) in [4.78, 5) is 0. The van der Waals surface area contributed by atoms with Crippen molar-refractivity contribution >= 4 is 11.6 Å². The Labute approximate surface area is 102 Å². The first-order valence-electron chi connectivity index (χ1n) is 5.66. The molecule has 0 unspecified atom stereocenters. The van der Waals surface area contributed by atoms with Crippen LogP contribution >= 0.6 is 11.6 Å². The van der Waals surface area contributed by atoms with E-state index in [1.54, 1.807) is 7.11 Å². The van der Waals surface area contributed by atoms with Crippen molar-refractivity contribution in [2.24, 2.45) is 5.73 Å². The van der Waals surface area contributed by atoms with Crippen molar-refractivity contribution < 1.29 is 4.74 Å². The van der Waals surface area contributed by atoms with E-state index >= 15 is 0 Å². The Hall–Kier alpha value is -0.730. The number of methoxy groups -OCH3 is 1. The van der Waals surface area contributed by atoms with Crippen molar-refractivity contribution in [3.8, 4) is 5.75 Å². The van der Waals surface area contributed by atoms with Gasteiger partial charge < -0.3 is 10.5 Å². The van der Waals surface area contributed by atoms with Gasteiger partial charge in [-0.25, -0.2) is 0 Å². The van der Waals surface area contributed by atoms with Gasteiger partial charge in [-0.05, 0) is 43.7 Å². The lowest BCUT2D eigenvalue weighted by atomic mass is 10.0. The van der Waals surface area contributed by atoms with E-state index in [1.807, 2.05) is 13.0 Å². The van der Waals surface area contributed by atoms with Crippen molar-refractivity contribution in [3.63, 3.8) is 0 Å². The van der Waals surface area contributed by atoms with Crippen LogP contribution in [0.3, 0.4) is 0 Å². The third kappa shape index (κ3) is 2.33. The van der Waals surface area contributed by atoms with Gasteiger partial charge in [0.05, 0.1) is 12.1 Å².